The van der Waals surface area contributed by atoms with Crippen LogP contribution < -0.4 is 15.2 Å². The molecule has 0 unspecified atom stereocenters. The van der Waals surface area contributed by atoms with Crippen molar-refractivity contribution < 1.29 is 19.4 Å². The Labute approximate surface area is 115 Å². The van der Waals surface area contributed by atoms with Crippen molar-refractivity contribution in [3.8, 4) is 22.6 Å². The lowest BCUT2D eigenvalue weighted by atomic mass is 10.0. The highest BCUT2D eigenvalue weighted by atomic mass is 16.5. The van der Waals surface area contributed by atoms with E-state index in [2.05, 4.69) is 4.98 Å². The summed E-state index contributed by atoms with van der Waals surface area (Å²) in [4.78, 5) is 15.0. The average molecular weight is 274 g/mol. The lowest BCUT2D eigenvalue weighted by molar-refractivity contribution is 0.0697. The molecule has 6 heteroatoms. The number of benzene rings is 1. The number of methoxy groups -OCH3 is 2. The zero-order chi connectivity index (χ0) is 14.7. The molecule has 104 valence electrons. The summed E-state index contributed by atoms with van der Waals surface area (Å²) in [6.07, 6.45) is 1.51. The van der Waals surface area contributed by atoms with Gasteiger partial charge in [0.2, 0.25) is 0 Å². The van der Waals surface area contributed by atoms with Gasteiger partial charge in [-0.05, 0) is 18.2 Å². The summed E-state index contributed by atoms with van der Waals surface area (Å²) >= 11 is 0. The van der Waals surface area contributed by atoms with Gasteiger partial charge in [-0.15, -0.1) is 0 Å². The van der Waals surface area contributed by atoms with Crippen LogP contribution in [0.25, 0.3) is 11.1 Å². The minimum absolute atomic E-state index is 0.0197. The summed E-state index contributed by atoms with van der Waals surface area (Å²) in [6.45, 7) is 0. The fourth-order valence-corrected chi connectivity index (χ4v) is 1.83. The Morgan fingerprint density at radius 3 is 2.60 bits per heavy atom. The first-order valence-corrected chi connectivity index (χ1v) is 5.78. The third-order valence-corrected chi connectivity index (χ3v) is 2.87. The van der Waals surface area contributed by atoms with Gasteiger partial charge in [-0.3, -0.25) is 0 Å². The highest BCUT2D eigenvalue weighted by Gasteiger charge is 2.14. The number of carbonyl (C=O) groups is 1. The smallest absolute Gasteiger partial charge is 0.339 e. The zero-order valence-corrected chi connectivity index (χ0v) is 11.1. The Bertz CT molecular complexity index is 656. The van der Waals surface area contributed by atoms with Crippen molar-refractivity contribution in [2.24, 2.45) is 0 Å². The Morgan fingerprint density at radius 2 is 2.00 bits per heavy atom. The lowest BCUT2D eigenvalue weighted by Crippen LogP contribution is -2.04. The molecule has 0 aliphatic heterocycles. The molecule has 0 amide bonds. The molecule has 0 fully saturated rings. The first kappa shape index (κ1) is 13.7. The van der Waals surface area contributed by atoms with Crippen molar-refractivity contribution in [3.05, 3.63) is 36.0 Å². The molecule has 0 aliphatic rings. The molecular weight excluding hydrogens is 260 g/mol. The number of anilines is 1. The van der Waals surface area contributed by atoms with E-state index in [-0.39, 0.29) is 11.4 Å². The number of hydrogen-bond acceptors (Lipinski definition) is 5. The third-order valence-electron chi connectivity index (χ3n) is 2.87. The summed E-state index contributed by atoms with van der Waals surface area (Å²) in [5, 5.41) is 9.07. The minimum atomic E-state index is -1.12. The number of carboxylic acids is 1. The fourth-order valence-electron chi connectivity index (χ4n) is 1.83. The number of pyridine rings is 1. The standard InChI is InChI=1S/C14H14N2O4/c1-19-9-3-4-10(12(6-9)20-2)8-5-11(14(17)18)13(15)16-7-8/h3-7H,1-2H3,(H2,15,16)(H,17,18). The topological polar surface area (TPSA) is 94.7 Å². The number of carboxylic acid groups (broad SMARTS) is 1. The largest absolute Gasteiger partial charge is 0.497 e. The molecule has 0 saturated carbocycles. The van der Waals surface area contributed by atoms with Crippen molar-refractivity contribution in [3.63, 3.8) is 0 Å². The molecule has 0 bridgehead atoms. The second-order valence-electron chi connectivity index (χ2n) is 4.03. The van der Waals surface area contributed by atoms with E-state index in [1.165, 1.54) is 19.4 Å². The summed E-state index contributed by atoms with van der Waals surface area (Å²) in [6, 6.07) is 6.71. The van der Waals surface area contributed by atoms with Crippen LogP contribution in [0.15, 0.2) is 30.5 Å². The Kier molecular flexibility index (Phi) is 3.74. The SMILES string of the molecule is COc1ccc(-c2cnc(N)c(C(=O)O)c2)c(OC)c1. The zero-order valence-electron chi connectivity index (χ0n) is 11.1. The van der Waals surface area contributed by atoms with Crippen molar-refractivity contribution >= 4 is 11.8 Å². The molecule has 3 N–H and O–H groups in total. The maximum atomic E-state index is 11.1. The van der Waals surface area contributed by atoms with Gasteiger partial charge in [0.1, 0.15) is 22.9 Å². The maximum absolute atomic E-state index is 11.1. The van der Waals surface area contributed by atoms with Gasteiger partial charge in [0, 0.05) is 23.4 Å². The van der Waals surface area contributed by atoms with Crippen molar-refractivity contribution in [1.82, 2.24) is 4.98 Å². The first-order valence-electron chi connectivity index (χ1n) is 5.78. The Balaban J connectivity index is 2.56. The minimum Gasteiger partial charge on any atom is -0.497 e. The molecule has 20 heavy (non-hydrogen) atoms. The van der Waals surface area contributed by atoms with Gasteiger partial charge in [0.15, 0.2) is 0 Å². The van der Waals surface area contributed by atoms with E-state index in [4.69, 9.17) is 20.3 Å². The molecule has 0 radical (unpaired) electrons. The molecule has 1 heterocycles. The predicted octanol–water partition coefficient (Wildman–Crippen LogP) is 2.05. The van der Waals surface area contributed by atoms with E-state index in [1.807, 2.05) is 0 Å². The van der Waals surface area contributed by atoms with Gasteiger partial charge in [-0.25, -0.2) is 9.78 Å². The van der Waals surface area contributed by atoms with Gasteiger partial charge in [-0.1, -0.05) is 0 Å². The second kappa shape index (κ2) is 5.48. The van der Waals surface area contributed by atoms with E-state index in [0.717, 1.165) is 0 Å². The van der Waals surface area contributed by atoms with Gasteiger partial charge in [0.25, 0.3) is 0 Å². The van der Waals surface area contributed by atoms with Crippen LogP contribution in [-0.2, 0) is 0 Å². The predicted molar refractivity (Wildman–Crippen MR) is 74.1 cm³/mol. The fraction of sp³-hybridized carbons (Fsp3) is 0.143. The summed E-state index contributed by atoms with van der Waals surface area (Å²) in [5.41, 5.74) is 6.82. The van der Waals surface area contributed by atoms with E-state index >= 15 is 0 Å². The van der Waals surface area contributed by atoms with Crippen LogP contribution in [0.4, 0.5) is 5.82 Å². The van der Waals surface area contributed by atoms with Crippen LogP contribution in [0.3, 0.4) is 0 Å². The van der Waals surface area contributed by atoms with Crippen LogP contribution in [0.2, 0.25) is 0 Å². The number of ether oxygens (including phenoxy) is 2. The van der Waals surface area contributed by atoms with Gasteiger partial charge < -0.3 is 20.3 Å². The quantitative estimate of drug-likeness (QED) is 0.886. The average Bonchev–Trinajstić information content (AvgIpc) is 2.46. The normalized spacial score (nSPS) is 10.1. The van der Waals surface area contributed by atoms with E-state index in [1.54, 1.807) is 25.3 Å². The Hall–Kier alpha value is -2.76. The van der Waals surface area contributed by atoms with E-state index in [0.29, 0.717) is 22.6 Å². The number of nitrogens with zero attached hydrogens (tertiary/aromatic N) is 1. The van der Waals surface area contributed by atoms with Crippen LogP contribution in [-0.4, -0.2) is 30.3 Å². The highest BCUT2D eigenvalue weighted by molar-refractivity contribution is 5.94. The lowest BCUT2D eigenvalue weighted by Gasteiger charge is -2.11. The molecule has 1 aromatic heterocycles. The molecule has 2 aromatic rings. The summed E-state index contributed by atoms with van der Waals surface area (Å²) < 4.78 is 10.4. The second-order valence-corrected chi connectivity index (χ2v) is 4.03. The molecule has 0 aliphatic carbocycles. The van der Waals surface area contributed by atoms with Crippen LogP contribution in [0.1, 0.15) is 10.4 Å². The van der Waals surface area contributed by atoms with Crippen LogP contribution in [0.5, 0.6) is 11.5 Å². The van der Waals surface area contributed by atoms with Gasteiger partial charge >= 0.3 is 5.97 Å². The van der Waals surface area contributed by atoms with Crippen molar-refractivity contribution in [1.29, 1.82) is 0 Å². The van der Waals surface area contributed by atoms with Gasteiger partial charge in [0.05, 0.1) is 14.2 Å². The first-order chi connectivity index (χ1) is 9.56. The number of hydrogen-bond donors (Lipinski definition) is 2. The molecule has 2 rings (SSSR count). The van der Waals surface area contributed by atoms with E-state index in [9.17, 15) is 4.79 Å². The molecule has 0 spiro atoms. The number of nitrogens with two attached hydrogens (primary N) is 1. The highest BCUT2D eigenvalue weighted by Crippen LogP contribution is 2.33. The van der Waals surface area contributed by atoms with Crippen molar-refractivity contribution in [2.45, 2.75) is 0 Å². The molecule has 6 nitrogen and oxygen atoms in total. The Morgan fingerprint density at radius 1 is 1.25 bits per heavy atom. The number of aromatic nitrogens is 1. The molecule has 0 saturated heterocycles. The molecular formula is C14H14N2O4. The van der Waals surface area contributed by atoms with Crippen LogP contribution >= 0.6 is 0 Å². The summed E-state index contributed by atoms with van der Waals surface area (Å²) in [5.74, 6) is 0.0674. The van der Waals surface area contributed by atoms with Gasteiger partial charge in [-0.2, -0.15) is 0 Å². The van der Waals surface area contributed by atoms with Crippen LogP contribution in [0, 0.1) is 0 Å². The molecule has 1 aromatic carbocycles. The maximum Gasteiger partial charge on any atom is 0.339 e. The third kappa shape index (κ3) is 2.49. The monoisotopic (exact) mass is 274 g/mol. The molecule has 0 atom stereocenters. The number of aromatic carboxylic acids is 1. The number of rotatable bonds is 4. The van der Waals surface area contributed by atoms with Crippen molar-refractivity contribution in [2.75, 3.05) is 20.0 Å². The van der Waals surface area contributed by atoms with E-state index < -0.39 is 5.97 Å². The summed E-state index contributed by atoms with van der Waals surface area (Å²) in [7, 11) is 3.09. The number of nitrogen functional groups attached to an aromatic ring is 1.